The summed E-state index contributed by atoms with van der Waals surface area (Å²) in [5.41, 5.74) is 1.20. The van der Waals surface area contributed by atoms with E-state index in [0.717, 1.165) is 13.1 Å². The van der Waals surface area contributed by atoms with Gasteiger partial charge in [0, 0.05) is 59.7 Å². The van der Waals surface area contributed by atoms with Crippen LogP contribution < -0.4 is 10.2 Å². The largest absolute Gasteiger partial charge is 0.368 e. The SMILES string of the molecule is CC(C)(C)S(=O)CCNC(=O)N1CCN(c2ccccc2)CC1. The number of hydrogen-bond acceptors (Lipinski definition) is 3. The molecule has 5 nitrogen and oxygen atoms in total. The highest BCUT2D eigenvalue weighted by Gasteiger charge is 2.22. The third-order valence-electron chi connectivity index (χ3n) is 3.93. The molecule has 1 fully saturated rings. The number of nitrogens with one attached hydrogen (secondary N) is 1. The van der Waals surface area contributed by atoms with Crippen molar-refractivity contribution in [2.24, 2.45) is 0 Å². The minimum Gasteiger partial charge on any atom is -0.368 e. The molecule has 1 aliphatic heterocycles. The van der Waals surface area contributed by atoms with Gasteiger partial charge >= 0.3 is 6.03 Å². The van der Waals surface area contributed by atoms with Gasteiger partial charge in [0.15, 0.2) is 0 Å². The average molecular weight is 337 g/mol. The van der Waals surface area contributed by atoms with Gasteiger partial charge in [0.1, 0.15) is 0 Å². The third-order valence-corrected chi connectivity index (χ3v) is 5.88. The predicted octanol–water partition coefficient (Wildman–Crippen LogP) is 2.07. The quantitative estimate of drug-likeness (QED) is 0.915. The van der Waals surface area contributed by atoms with Crippen molar-refractivity contribution in [1.82, 2.24) is 10.2 Å². The Morgan fingerprint density at radius 1 is 1.13 bits per heavy atom. The molecule has 1 aliphatic rings. The van der Waals surface area contributed by atoms with Crippen molar-refractivity contribution in [3.63, 3.8) is 0 Å². The van der Waals surface area contributed by atoms with Crippen LogP contribution in [0.1, 0.15) is 20.8 Å². The molecule has 1 unspecified atom stereocenters. The highest BCUT2D eigenvalue weighted by molar-refractivity contribution is 7.86. The molecule has 0 radical (unpaired) electrons. The monoisotopic (exact) mass is 337 g/mol. The van der Waals surface area contributed by atoms with E-state index < -0.39 is 10.8 Å². The lowest BCUT2D eigenvalue weighted by Crippen LogP contribution is -2.52. The highest BCUT2D eigenvalue weighted by atomic mass is 32.2. The summed E-state index contributed by atoms with van der Waals surface area (Å²) in [5, 5.41) is 2.89. The first kappa shape index (κ1) is 17.8. The van der Waals surface area contributed by atoms with E-state index in [9.17, 15) is 9.00 Å². The number of carbonyl (C=O) groups is 1. The van der Waals surface area contributed by atoms with Crippen LogP contribution in [0, 0.1) is 0 Å². The summed E-state index contributed by atoms with van der Waals surface area (Å²) in [6.45, 7) is 9.42. The standard InChI is InChI=1S/C17H27N3O2S/c1-17(2,3)23(22)14-9-18-16(21)20-12-10-19(11-13-20)15-7-5-4-6-8-15/h4-8H,9-14H2,1-3H3,(H,18,21). The Labute approximate surface area is 141 Å². The minimum atomic E-state index is -0.931. The van der Waals surface area contributed by atoms with Gasteiger partial charge in [-0.3, -0.25) is 4.21 Å². The molecule has 1 heterocycles. The first-order valence-corrected chi connectivity index (χ1v) is 9.41. The number of carbonyl (C=O) groups excluding carboxylic acids is 1. The number of rotatable bonds is 4. The molecule has 0 aromatic heterocycles. The Balaban J connectivity index is 1.73. The van der Waals surface area contributed by atoms with Crippen LogP contribution in [0.5, 0.6) is 0 Å². The third kappa shape index (κ3) is 5.23. The molecule has 128 valence electrons. The molecule has 2 amide bonds. The molecule has 1 aromatic carbocycles. The van der Waals surface area contributed by atoms with E-state index in [1.54, 1.807) is 0 Å². The minimum absolute atomic E-state index is 0.0522. The molecule has 1 atom stereocenters. The topological polar surface area (TPSA) is 52.7 Å². The number of urea groups is 1. The number of anilines is 1. The van der Waals surface area contributed by atoms with Gasteiger partial charge in [0.25, 0.3) is 0 Å². The van der Waals surface area contributed by atoms with Gasteiger partial charge in [-0.2, -0.15) is 0 Å². The molecule has 0 aliphatic carbocycles. The molecule has 1 saturated heterocycles. The van der Waals surface area contributed by atoms with Crippen molar-refractivity contribution < 1.29 is 9.00 Å². The number of nitrogens with zero attached hydrogens (tertiary/aromatic N) is 2. The molecule has 2 rings (SSSR count). The first-order valence-electron chi connectivity index (χ1n) is 8.09. The second-order valence-electron chi connectivity index (χ2n) is 6.70. The van der Waals surface area contributed by atoms with Crippen LogP contribution in [0.3, 0.4) is 0 Å². The summed E-state index contributed by atoms with van der Waals surface area (Å²) in [7, 11) is -0.931. The smallest absolute Gasteiger partial charge is 0.317 e. The Morgan fingerprint density at radius 2 is 1.74 bits per heavy atom. The maximum absolute atomic E-state index is 12.2. The van der Waals surface area contributed by atoms with E-state index in [1.807, 2.05) is 43.9 Å². The molecule has 23 heavy (non-hydrogen) atoms. The lowest BCUT2D eigenvalue weighted by atomic mass is 10.2. The van der Waals surface area contributed by atoms with E-state index in [2.05, 4.69) is 22.3 Å². The first-order chi connectivity index (χ1) is 10.9. The Morgan fingerprint density at radius 3 is 2.30 bits per heavy atom. The molecular weight excluding hydrogens is 310 g/mol. The summed E-state index contributed by atoms with van der Waals surface area (Å²) >= 11 is 0. The van der Waals surface area contributed by atoms with Crippen molar-refractivity contribution in [2.45, 2.75) is 25.5 Å². The maximum Gasteiger partial charge on any atom is 0.317 e. The van der Waals surface area contributed by atoms with Crippen molar-refractivity contribution in [3.8, 4) is 0 Å². The van der Waals surface area contributed by atoms with Crippen LogP contribution in [0.4, 0.5) is 10.5 Å². The van der Waals surface area contributed by atoms with Crippen LogP contribution in [0.25, 0.3) is 0 Å². The van der Waals surface area contributed by atoms with E-state index in [-0.39, 0.29) is 10.8 Å². The number of para-hydroxylation sites is 1. The van der Waals surface area contributed by atoms with Crippen LogP contribution in [0.2, 0.25) is 0 Å². The van der Waals surface area contributed by atoms with Crippen LogP contribution in [-0.4, -0.2) is 58.4 Å². The lowest BCUT2D eigenvalue weighted by molar-refractivity contribution is 0.195. The Hall–Kier alpha value is -1.56. The fourth-order valence-corrected chi connectivity index (χ4v) is 3.38. The number of amides is 2. The molecule has 0 bridgehead atoms. The summed E-state index contributed by atoms with van der Waals surface area (Å²) in [6, 6.07) is 10.2. The molecule has 1 aromatic rings. The Bertz CT molecular complexity index is 535. The van der Waals surface area contributed by atoms with Gasteiger partial charge in [0.05, 0.1) is 0 Å². The fourth-order valence-electron chi connectivity index (χ4n) is 2.48. The summed E-state index contributed by atoms with van der Waals surface area (Å²) < 4.78 is 11.7. The summed E-state index contributed by atoms with van der Waals surface area (Å²) in [4.78, 5) is 16.3. The summed E-state index contributed by atoms with van der Waals surface area (Å²) in [6.07, 6.45) is 0. The van der Waals surface area contributed by atoms with Gasteiger partial charge in [0.2, 0.25) is 0 Å². The van der Waals surface area contributed by atoms with Crippen LogP contribution in [0.15, 0.2) is 30.3 Å². The molecule has 0 spiro atoms. The zero-order chi connectivity index (χ0) is 16.9. The number of piperazine rings is 1. The molecule has 6 heteroatoms. The average Bonchev–Trinajstić information content (AvgIpc) is 2.54. The van der Waals surface area contributed by atoms with Crippen molar-refractivity contribution >= 4 is 22.5 Å². The van der Waals surface area contributed by atoms with Gasteiger partial charge in [-0.25, -0.2) is 4.79 Å². The summed E-state index contributed by atoms with van der Waals surface area (Å²) in [5.74, 6) is 0.499. The van der Waals surface area contributed by atoms with E-state index in [1.165, 1.54) is 5.69 Å². The van der Waals surface area contributed by atoms with Crippen LogP contribution in [-0.2, 0) is 10.8 Å². The van der Waals surface area contributed by atoms with E-state index in [4.69, 9.17) is 0 Å². The van der Waals surface area contributed by atoms with Gasteiger partial charge in [-0.15, -0.1) is 0 Å². The number of hydrogen-bond donors (Lipinski definition) is 1. The maximum atomic E-state index is 12.2. The van der Waals surface area contributed by atoms with Crippen molar-refractivity contribution in [1.29, 1.82) is 0 Å². The Kier molecular flexibility index (Phi) is 6.04. The molecular formula is C17H27N3O2S. The van der Waals surface area contributed by atoms with Gasteiger partial charge in [-0.05, 0) is 32.9 Å². The fraction of sp³-hybridized carbons (Fsp3) is 0.588. The van der Waals surface area contributed by atoms with Gasteiger partial charge < -0.3 is 15.1 Å². The second kappa shape index (κ2) is 7.81. The van der Waals surface area contributed by atoms with Crippen molar-refractivity contribution in [2.75, 3.05) is 43.4 Å². The zero-order valence-corrected chi connectivity index (χ0v) is 15.1. The number of benzene rings is 1. The zero-order valence-electron chi connectivity index (χ0n) is 14.2. The van der Waals surface area contributed by atoms with E-state index >= 15 is 0 Å². The van der Waals surface area contributed by atoms with E-state index in [0.29, 0.717) is 25.4 Å². The second-order valence-corrected chi connectivity index (χ2v) is 9.03. The highest BCUT2D eigenvalue weighted by Crippen LogP contribution is 2.15. The molecule has 0 saturated carbocycles. The lowest BCUT2D eigenvalue weighted by Gasteiger charge is -2.36. The van der Waals surface area contributed by atoms with Crippen molar-refractivity contribution in [3.05, 3.63) is 30.3 Å². The normalized spacial score (nSPS) is 17.0. The van der Waals surface area contributed by atoms with Crippen LogP contribution >= 0.6 is 0 Å². The predicted molar refractivity (Wildman–Crippen MR) is 96.4 cm³/mol. The van der Waals surface area contributed by atoms with Gasteiger partial charge in [-0.1, -0.05) is 18.2 Å². The molecule has 1 N–H and O–H groups in total.